The normalized spacial score (nSPS) is 10.3. The van der Waals surface area contributed by atoms with E-state index in [1.807, 2.05) is 19.1 Å². The standard InChI is InChI=1S/C21H24FN3O4/c1-15-3-9-18(10-4-15)24-19(26)11-23-20(27)13-25(21(28)14-29-2)12-16-5-7-17(22)8-6-16/h3-10H,11-14H2,1-2H3,(H,23,27)(H,24,26). The molecule has 0 bridgehead atoms. The first-order chi connectivity index (χ1) is 13.9. The Hall–Kier alpha value is -3.26. The van der Waals surface area contributed by atoms with Crippen molar-refractivity contribution in [2.75, 3.05) is 32.1 Å². The second-order valence-electron chi connectivity index (χ2n) is 6.50. The monoisotopic (exact) mass is 401 g/mol. The molecule has 0 saturated heterocycles. The predicted octanol–water partition coefficient (Wildman–Crippen LogP) is 1.86. The van der Waals surface area contributed by atoms with Crippen LogP contribution >= 0.6 is 0 Å². The van der Waals surface area contributed by atoms with E-state index in [0.717, 1.165) is 5.56 Å². The molecular weight excluding hydrogens is 377 g/mol. The molecule has 0 aliphatic carbocycles. The quantitative estimate of drug-likeness (QED) is 0.672. The van der Waals surface area contributed by atoms with Gasteiger partial charge < -0.3 is 20.3 Å². The van der Waals surface area contributed by atoms with Crippen LogP contribution in [0.3, 0.4) is 0 Å². The van der Waals surface area contributed by atoms with E-state index in [-0.39, 0.29) is 38.0 Å². The topological polar surface area (TPSA) is 87.7 Å². The summed E-state index contributed by atoms with van der Waals surface area (Å²) in [5.74, 6) is -1.65. The Morgan fingerprint density at radius 2 is 1.66 bits per heavy atom. The Bertz CT molecular complexity index is 838. The van der Waals surface area contributed by atoms with Crippen LogP contribution in [0.2, 0.25) is 0 Å². The zero-order valence-corrected chi connectivity index (χ0v) is 16.4. The van der Waals surface area contributed by atoms with Gasteiger partial charge in [-0.05, 0) is 36.8 Å². The molecular formula is C21H24FN3O4. The molecule has 0 unspecified atom stereocenters. The predicted molar refractivity (Wildman–Crippen MR) is 107 cm³/mol. The number of ether oxygens (including phenoxy) is 1. The molecule has 0 saturated carbocycles. The summed E-state index contributed by atoms with van der Waals surface area (Å²) in [6.07, 6.45) is 0. The SMILES string of the molecule is COCC(=O)N(CC(=O)NCC(=O)Nc1ccc(C)cc1)Cc1ccc(F)cc1. The molecule has 2 N–H and O–H groups in total. The number of nitrogens with zero attached hydrogens (tertiary/aromatic N) is 1. The summed E-state index contributed by atoms with van der Waals surface area (Å²) in [5.41, 5.74) is 2.36. The molecule has 0 radical (unpaired) electrons. The number of hydrogen-bond acceptors (Lipinski definition) is 4. The van der Waals surface area contributed by atoms with Gasteiger partial charge in [0.25, 0.3) is 0 Å². The number of benzene rings is 2. The largest absolute Gasteiger partial charge is 0.375 e. The van der Waals surface area contributed by atoms with Gasteiger partial charge in [0, 0.05) is 19.3 Å². The van der Waals surface area contributed by atoms with E-state index in [9.17, 15) is 18.8 Å². The van der Waals surface area contributed by atoms with Crippen molar-refractivity contribution in [3.05, 3.63) is 65.5 Å². The Kier molecular flexibility index (Phi) is 8.29. The highest BCUT2D eigenvalue weighted by molar-refractivity contribution is 5.95. The number of halogens is 1. The lowest BCUT2D eigenvalue weighted by atomic mass is 10.2. The zero-order chi connectivity index (χ0) is 21.2. The average molecular weight is 401 g/mol. The maximum atomic E-state index is 13.1. The summed E-state index contributed by atoms with van der Waals surface area (Å²) in [7, 11) is 1.38. The zero-order valence-electron chi connectivity index (χ0n) is 16.4. The lowest BCUT2D eigenvalue weighted by Crippen LogP contribution is -2.43. The van der Waals surface area contributed by atoms with Crippen LogP contribution in [0, 0.1) is 12.7 Å². The van der Waals surface area contributed by atoms with E-state index in [2.05, 4.69) is 10.6 Å². The molecule has 0 heterocycles. The van der Waals surface area contributed by atoms with E-state index in [0.29, 0.717) is 11.3 Å². The van der Waals surface area contributed by atoms with Crippen LogP contribution in [0.25, 0.3) is 0 Å². The molecule has 0 aromatic heterocycles. The second-order valence-corrected chi connectivity index (χ2v) is 6.50. The number of aryl methyl sites for hydroxylation is 1. The molecule has 154 valence electrons. The third kappa shape index (κ3) is 7.71. The minimum atomic E-state index is -0.490. The van der Waals surface area contributed by atoms with Gasteiger partial charge in [-0.3, -0.25) is 14.4 Å². The summed E-state index contributed by atoms with van der Waals surface area (Å²) >= 11 is 0. The van der Waals surface area contributed by atoms with Crippen molar-refractivity contribution in [3.63, 3.8) is 0 Å². The molecule has 8 heteroatoms. The first kappa shape index (κ1) is 22.0. The number of carbonyl (C=O) groups excluding carboxylic acids is 3. The van der Waals surface area contributed by atoms with Crippen LogP contribution in [0.15, 0.2) is 48.5 Å². The van der Waals surface area contributed by atoms with Crippen molar-refractivity contribution in [1.82, 2.24) is 10.2 Å². The number of methoxy groups -OCH3 is 1. The Morgan fingerprint density at radius 3 is 2.28 bits per heavy atom. The van der Waals surface area contributed by atoms with Gasteiger partial charge in [0.1, 0.15) is 12.4 Å². The summed E-state index contributed by atoms with van der Waals surface area (Å²) in [6.45, 7) is 1.38. The van der Waals surface area contributed by atoms with Gasteiger partial charge >= 0.3 is 0 Å². The van der Waals surface area contributed by atoms with Crippen LogP contribution < -0.4 is 10.6 Å². The van der Waals surface area contributed by atoms with Gasteiger partial charge in [-0.1, -0.05) is 29.8 Å². The molecule has 0 aliphatic heterocycles. The molecule has 0 spiro atoms. The summed E-state index contributed by atoms with van der Waals surface area (Å²) < 4.78 is 17.9. The molecule has 2 rings (SSSR count). The molecule has 3 amide bonds. The van der Waals surface area contributed by atoms with E-state index < -0.39 is 11.8 Å². The van der Waals surface area contributed by atoms with E-state index in [1.54, 1.807) is 12.1 Å². The van der Waals surface area contributed by atoms with Gasteiger partial charge in [0.15, 0.2) is 0 Å². The van der Waals surface area contributed by atoms with Gasteiger partial charge in [0.05, 0.1) is 13.1 Å². The van der Waals surface area contributed by atoms with Crippen LogP contribution in [0.5, 0.6) is 0 Å². The number of nitrogens with one attached hydrogen (secondary N) is 2. The molecule has 0 atom stereocenters. The van der Waals surface area contributed by atoms with Gasteiger partial charge in [-0.15, -0.1) is 0 Å². The Morgan fingerprint density at radius 1 is 1.00 bits per heavy atom. The number of anilines is 1. The highest BCUT2D eigenvalue weighted by atomic mass is 19.1. The first-order valence-electron chi connectivity index (χ1n) is 9.01. The van der Waals surface area contributed by atoms with E-state index >= 15 is 0 Å². The number of carbonyl (C=O) groups is 3. The Balaban J connectivity index is 1.88. The molecule has 7 nitrogen and oxygen atoms in total. The average Bonchev–Trinajstić information content (AvgIpc) is 2.69. The van der Waals surface area contributed by atoms with Crippen LogP contribution in [-0.4, -0.2) is 49.4 Å². The second kappa shape index (κ2) is 10.9. The van der Waals surface area contributed by atoms with E-state index in [4.69, 9.17) is 4.74 Å². The Labute approximate surface area is 168 Å². The first-order valence-corrected chi connectivity index (χ1v) is 9.01. The van der Waals surface area contributed by atoms with Crippen molar-refractivity contribution < 1.29 is 23.5 Å². The molecule has 2 aromatic carbocycles. The van der Waals surface area contributed by atoms with Gasteiger partial charge in [-0.25, -0.2) is 4.39 Å². The maximum absolute atomic E-state index is 13.1. The minimum Gasteiger partial charge on any atom is -0.375 e. The third-order valence-electron chi connectivity index (χ3n) is 4.02. The maximum Gasteiger partial charge on any atom is 0.249 e. The van der Waals surface area contributed by atoms with Gasteiger partial charge in [-0.2, -0.15) is 0 Å². The van der Waals surface area contributed by atoms with Crippen molar-refractivity contribution >= 4 is 23.4 Å². The lowest BCUT2D eigenvalue weighted by molar-refractivity contribution is -0.139. The summed E-state index contributed by atoms with van der Waals surface area (Å²) in [4.78, 5) is 37.7. The van der Waals surface area contributed by atoms with Crippen molar-refractivity contribution in [3.8, 4) is 0 Å². The summed E-state index contributed by atoms with van der Waals surface area (Å²) in [6, 6.07) is 12.9. The molecule has 0 fully saturated rings. The fourth-order valence-corrected chi connectivity index (χ4v) is 2.51. The number of rotatable bonds is 9. The van der Waals surface area contributed by atoms with E-state index in [1.165, 1.54) is 36.3 Å². The fourth-order valence-electron chi connectivity index (χ4n) is 2.51. The molecule has 29 heavy (non-hydrogen) atoms. The number of hydrogen-bond donors (Lipinski definition) is 2. The fraction of sp³-hybridized carbons (Fsp3) is 0.286. The summed E-state index contributed by atoms with van der Waals surface area (Å²) in [5, 5.41) is 5.17. The van der Waals surface area contributed by atoms with Crippen LogP contribution in [0.1, 0.15) is 11.1 Å². The number of amides is 3. The van der Waals surface area contributed by atoms with Crippen molar-refractivity contribution in [2.24, 2.45) is 0 Å². The highest BCUT2D eigenvalue weighted by Gasteiger charge is 2.18. The van der Waals surface area contributed by atoms with Crippen LogP contribution in [0.4, 0.5) is 10.1 Å². The van der Waals surface area contributed by atoms with Crippen molar-refractivity contribution in [1.29, 1.82) is 0 Å². The highest BCUT2D eigenvalue weighted by Crippen LogP contribution is 2.09. The molecule has 2 aromatic rings. The lowest BCUT2D eigenvalue weighted by Gasteiger charge is -2.22. The minimum absolute atomic E-state index is 0.117. The third-order valence-corrected chi connectivity index (χ3v) is 4.02. The smallest absolute Gasteiger partial charge is 0.249 e. The van der Waals surface area contributed by atoms with Crippen molar-refractivity contribution in [2.45, 2.75) is 13.5 Å². The molecule has 0 aliphatic rings. The van der Waals surface area contributed by atoms with Gasteiger partial charge in [0.2, 0.25) is 17.7 Å². The van der Waals surface area contributed by atoms with Crippen LogP contribution in [-0.2, 0) is 25.7 Å².